The second-order valence-corrected chi connectivity index (χ2v) is 4.46. The summed E-state index contributed by atoms with van der Waals surface area (Å²) in [6.45, 7) is 2.08. The molecule has 2 aromatic carbocycles. The van der Waals surface area contributed by atoms with Crippen molar-refractivity contribution in [1.29, 1.82) is 0 Å². The molecule has 3 nitrogen and oxygen atoms in total. The van der Waals surface area contributed by atoms with Crippen LogP contribution in [0.1, 0.15) is 28.9 Å². The molecule has 1 atom stereocenters. The summed E-state index contributed by atoms with van der Waals surface area (Å²) in [6.07, 6.45) is 0. The predicted octanol–water partition coefficient (Wildman–Crippen LogP) is 3.22. The minimum absolute atomic E-state index is 0.0881. The van der Waals surface area contributed by atoms with Crippen molar-refractivity contribution in [2.75, 3.05) is 12.4 Å². The van der Waals surface area contributed by atoms with Gasteiger partial charge in [-0.1, -0.05) is 30.3 Å². The first-order valence-electron chi connectivity index (χ1n) is 6.34. The van der Waals surface area contributed by atoms with E-state index in [1.807, 2.05) is 49.5 Å². The average molecular weight is 254 g/mol. The average Bonchev–Trinajstić information content (AvgIpc) is 2.47. The van der Waals surface area contributed by atoms with Crippen molar-refractivity contribution in [3.05, 3.63) is 65.7 Å². The first kappa shape index (κ1) is 13.3. The summed E-state index contributed by atoms with van der Waals surface area (Å²) in [5.74, 6) is -0.0881. The molecule has 1 unspecified atom stereocenters. The largest absolute Gasteiger partial charge is 0.322 e. The molecule has 0 aromatic heterocycles. The molecule has 98 valence electrons. The number of rotatable bonds is 4. The maximum absolute atomic E-state index is 12.0. The van der Waals surface area contributed by atoms with Crippen molar-refractivity contribution < 1.29 is 4.79 Å². The highest BCUT2D eigenvalue weighted by molar-refractivity contribution is 6.04. The van der Waals surface area contributed by atoms with Gasteiger partial charge in [0.05, 0.1) is 0 Å². The van der Waals surface area contributed by atoms with Gasteiger partial charge in [0.15, 0.2) is 0 Å². The Labute approximate surface area is 113 Å². The van der Waals surface area contributed by atoms with Crippen LogP contribution < -0.4 is 10.6 Å². The molecule has 0 aliphatic rings. The molecule has 0 aliphatic carbocycles. The Bertz CT molecular complexity index is 552. The summed E-state index contributed by atoms with van der Waals surface area (Å²) in [5, 5.41) is 6.09. The lowest BCUT2D eigenvalue weighted by atomic mass is 10.1. The summed E-state index contributed by atoms with van der Waals surface area (Å²) >= 11 is 0. The SMILES string of the molecule is CNC(C)c1cccc(NC(=O)c2ccccc2)c1. The van der Waals surface area contributed by atoms with E-state index in [0.29, 0.717) is 5.56 Å². The second-order valence-electron chi connectivity index (χ2n) is 4.46. The number of benzene rings is 2. The van der Waals surface area contributed by atoms with Gasteiger partial charge in [-0.05, 0) is 43.8 Å². The Hall–Kier alpha value is -2.13. The van der Waals surface area contributed by atoms with E-state index in [4.69, 9.17) is 0 Å². The Morgan fingerprint density at radius 3 is 2.47 bits per heavy atom. The molecule has 0 saturated carbocycles. The number of hydrogen-bond acceptors (Lipinski definition) is 2. The number of anilines is 1. The van der Waals surface area contributed by atoms with Crippen LogP contribution in [0.15, 0.2) is 54.6 Å². The van der Waals surface area contributed by atoms with Crippen molar-refractivity contribution in [2.45, 2.75) is 13.0 Å². The van der Waals surface area contributed by atoms with E-state index >= 15 is 0 Å². The Morgan fingerprint density at radius 2 is 1.79 bits per heavy atom. The van der Waals surface area contributed by atoms with Gasteiger partial charge in [0.1, 0.15) is 0 Å². The fourth-order valence-corrected chi connectivity index (χ4v) is 1.85. The molecule has 0 fully saturated rings. The molecule has 19 heavy (non-hydrogen) atoms. The van der Waals surface area contributed by atoms with Crippen molar-refractivity contribution >= 4 is 11.6 Å². The number of amides is 1. The Morgan fingerprint density at radius 1 is 1.05 bits per heavy atom. The molecule has 2 aromatic rings. The summed E-state index contributed by atoms with van der Waals surface area (Å²) in [4.78, 5) is 12.0. The van der Waals surface area contributed by atoms with Crippen molar-refractivity contribution in [1.82, 2.24) is 5.32 Å². The molecule has 0 saturated heterocycles. The number of nitrogens with one attached hydrogen (secondary N) is 2. The van der Waals surface area contributed by atoms with Gasteiger partial charge in [0, 0.05) is 17.3 Å². The van der Waals surface area contributed by atoms with E-state index in [2.05, 4.69) is 17.6 Å². The molecule has 0 aliphatic heterocycles. The van der Waals surface area contributed by atoms with E-state index in [-0.39, 0.29) is 11.9 Å². The molecule has 1 amide bonds. The topological polar surface area (TPSA) is 41.1 Å². The van der Waals surface area contributed by atoms with Crippen LogP contribution in [0.5, 0.6) is 0 Å². The van der Waals surface area contributed by atoms with Gasteiger partial charge < -0.3 is 10.6 Å². The quantitative estimate of drug-likeness (QED) is 0.879. The standard InChI is InChI=1S/C16H18N2O/c1-12(17-2)14-9-6-10-15(11-14)18-16(19)13-7-4-3-5-8-13/h3-12,17H,1-2H3,(H,18,19). The van der Waals surface area contributed by atoms with Gasteiger partial charge in [-0.2, -0.15) is 0 Å². The van der Waals surface area contributed by atoms with Crippen molar-refractivity contribution in [3.8, 4) is 0 Å². The highest BCUT2D eigenvalue weighted by Crippen LogP contribution is 2.17. The number of carbonyl (C=O) groups excluding carboxylic acids is 1. The molecule has 0 heterocycles. The molecular weight excluding hydrogens is 236 g/mol. The third-order valence-corrected chi connectivity index (χ3v) is 3.11. The third-order valence-electron chi connectivity index (χ3n) is 3.11. The zero-order valence-electron chi connectivity index (χ0n) is 11.2. The lowest BCUT2D eigenvalue weighted by Gasteiger charge is -2.12. The molecule has 3 heteroatoms. The van der Waals surface area contributed by atoms with Gasteiger partial charge in [-0.25, -0.2) is 0 Å². The summed E-state index contributed by atoms with van der Waals surface area (Å²) in [5.41, 5.74) is 2.62. The van der Waals surface area contributed by atoms with Gasteiger partial charge in [-0.3, -0.25) is 4.79 Å². The van der Waals surface area contributed by atoms with Gasteiger partial charge in [0.2, 0.25) is 0 Å². The summed E-state index contributed by atoms with van der Waals surface area (Å²) in [6, 6.07) is 17.3. The lowest BCUT2D eigenvalue weighted by Crippen LogP contribution is -2.14. The van der Waals surface area contributed by atoms with Crippen LogP contribution >= 0.6 is 0 Å². The second kappa shape index (κ2) is 6.16. The fourth-order valence-electron chi connectivity index (χ4n) is 1.85. The number of carbonyl (C=O) groups is 1. The minimum Gasteiger partial charge on any atom is -0.322 e. The monoisotopic (exact) mass is 254 g/mol. The van der Waals surface area contributed by atoms with Crippen LogP contribution in [0.2, 0.25) is 0 Å². The van der Waals surface area contributed by atoms with Crippen LogP contribution in [0.3, 0.4) is 0 Å². The fraction of sp³-hybridized carbons (Fsp3) is 0.188. The molecule has 0 radical (unpaired) electrons. The van der Waals surface area contributed by atoms with Crippen LogP contribution in [-0.4, -0.2) is 13.0 Å². The summed E-state index contributed by atoms with van der Waals surface area (Å²) < 4.78 is 0. The maximum atomic E-state index is 12.0. The van der Waals surface area contributed by atoms with Gasteiger partial charge in [0.25, 0.3) is 5.91 Å². The Kier molecular flexibility index (Phi) is 4.31. The summed E-state index contributed by atoms with van der Waals surface area (Å²) in [7, 11) is 1.92. The molecular formula is C16H18N2O. The Balaban J connectivity index is 2.13. The molecule has 2 rings (SSSR count). The zero-order valence-corrected chi connectivity index (χ0v) is 11.2. The van der Waals surface area contributed by atoms with E-state index in [9.17, 15) is 4.79 Å². The smallest absolute Gasteiger partial charge is 0.255 e. The van der Waals surface area contributed by atoms with Crippen LogP contribution in [0.4, 0.5) is 5.69 Å². The minimum atomic E-state index is -0.0881. The van der Waals surface area contributed by atoms with Crippen molar-refractivity contribution in [2.24, 2.45) is 0 Å². The van der Waals surface area contributed by atoms with E-state index in [1.54, 1.807) is 12.1 Å². The van der Waals surface area contributed by atoms with Crippen molar-refractivity contribution in [3.63, 3.8) is 0 Å². The van der Waals surface area contributed by atoms with Crippen LogP contribution in [0.25, 0.3) is 0 Å². The maximum Gasteiger partial charge on any atom is 0.255 e. The predicted molar refractivity (Wildman–Crippen MR) is 78.3 cm³/mol. The normalized spacial score (nSPS) is 11.9. The van der Waals surface area contributed by atoms with E-state index in [0.717, 1.165) is 11.3 Å². The first-order valence-corrected chi connectivity index (χ1v) is 6.34. The van der Waals surface area contributed by atoms with Gasteiger partial charge in [-0.15, -0.1) is 0 Å². The highest BCUT2D eigenvalue weighted by Gasteiger charge is 2.07. The number of hydrogen-bond donors (Lipinski definition) is 2. The third kappa shape index (κ3) is 3.42. The molecule has 2 N–H and O–H groups in total. The van der Waals surface area contributed by atoms with E-state index in [1.165, 1.54) is 0 Å². The lowest BCUT2D eigenvalue weighted by molar-refractivity contribution is 0.102. The van der Waals surface area contributed by atoms with Crippen LogP contribution in [-0.2, 0) is 0 Å². The molecule has 0 bridgehead atoms. The first-order chi connectivity index (χ1) is 9.20. The van der Waals surface area contributed by atoms with E-state index < -0.39 is 0 Å². The van der Waals surface area contributed by atoms with Gasteiger partial charge >= 0.3 is 0 Å². The zero-order chi connectivity index (χ0) is 13.7. The highest BCUT2D eigenvalue weighted by atomic mass is 16.1. The van der Waals surface area contributed by atoms with Crippen LogP contribution in [0, 0.1) is 0 Å². The molecule has 0 spiro atoms.